The van der Waals surface area contributed by atoms with E-state index in [0.717, 1.165) is 34.6 Å². The molecule has 1 aliphatic heterocycles. The minimum atomic E-state index is -0.947. The van der Waals surface area contributed by atoms with Crippen LogP contribution in [-0.2, 0) is 4.79 Å². The molecule has 0 spiro atoms. The fourth-order valence-corrected chi connectivity index (χ4v) is 6.26. The molecule has 45 heavy (non-hydrogen) atoms. The summed E-state index contributed by atoms with van der Waals surface area (Å²) in [5, 5.41) is 14.1. The largest absolute Gasteiger partial charge is 0.457 e. The third-order valence-corrected chi connectivity index (χ3v) is 8.53. The molecule has 0 aliphatic carbocycles. The Balaban J connectivity index is 1.44. The Kier molecular flexibility index (Phi) is 7.86. The first-order valence-corrected chi connectivity index (χ1v) is 15.0. The maximum atomic E-state index is 14.0. The molecule has 3 aromatic carbocycles. The second-order valence-electron chi connectivity index (χ2n) is 10.8. The molecule has 0 saturated carbocycles. The van der Waals surface area contributed by atoms with Gasteiger partial charge in [0.15, 0.2) is 4.80 Å². The number of halogens is 1. The number of aromatic nitrogens is 1. The Morgan fingerprint density at radius 2 is 1.82 bits per heavy atom. The van der Waals surface area contributed by atoms with Gasteiger partial charge in [0.05, 0.1) is 26.8 Å². The zero-order valence-electron chi connectivity index (χ0n) is 24.5. The molecule has 0 saturated heterocycles. The molecule has 1 N–H and O–H groups in total. The summed E-state index contributed by atoms with van der Waals surface area (Å²) in [4.78, 5) is 43.3. The van der Waals surface area contributed by atoms with E-state index in [4.69, 9.17) is 4.42 Å². The van der Waals surface area contributed by atoms with E-state index in [9.17, 15) is 24.1 Å². The maximum Gasteiger partial charge on any atom is 0.305 e. The number of rotatable bonds is 7. The number of nitro benzene ring substituents is 1. The Morgan fingerprint density at radius 1 is 1.09 bits per heavy atom. The van der Waals surface area contributed by atoms with Crippen molar-refractivity contribution >= 4 is 34.7 Å². The number of carbonyl (C=O) groups excluding carboxylic acids is 1. The van der Waals surface area contributed by atoms with Gasteiger partial charge in [-0.25, -0.2) is 4.99 Å². The molecule has 9 nitrogen and oxygen atoms in total. The van der Waals surface area contributed by atoms with Crippen LogP contribution < -0.4 is 20.2 Å². The van der Waals surface area contributed by atoms with Crippen molar-refractivity contribution in [3.8, 4) is 11.3 Å². The van der Waals surface area contributed by atoms with E-state index in [1.54, 1.807) is 37.3 Å². The number of nitrogens with one attached hydrogen (secondary N) is 1. The van der Waals surface area contributed by atoms with E-state index in [0.29, 0.717) is 43.5 Å². The first-order chi connectivity index (χ1) is 21.6. The van der Waals surface area contributed by atoms with Gasteiger partial charge in [0.25, 0.3) is 11.5 Å². The van der Waals surface area contributed by atoms with Crippen LogP contribution >= 0.6 is 11.3 Å². The molecule has 0 fully saturated rings. The van der Waals surface area contributed by atoms with E-state index in [1.165, 1.54) is 10.6 Å². The Hall–Kier alpha value is -5.42. The second kappa shape index (κ2) is 11.9. The van der Waals surface area contributed by atoms with Gasteiger partial charge in [0, 0.05) is 23.4 Å². The van der Waals surface area contributed by atoms with Crippen molar-refractivity contribution in [2.75, 3.05) is 5.32 Å². The maximum absolute atomic E-state index is 14.0. The van der Waals surface area contributed by atoms with Gasteiger partial charge in [-0.2, -0.15) is 4.39 Å². The predicted octanol–water partition coefficient (Wildman–Crippen LogP) is 6.30. The second-order valence-corrected chi connectivity index (χ2v) is 11.9. The summed E-state index contributed by atoms with van der Waals surface area (Å²) < 4.78 is 21.6. The summed E-state index contributed by atoms with van der Waals surface area (Å²) in [5.74, 6) is -0.414. The van der Waals surface area contributed by atoms with Gasteiger partial charge in [-0.05, 0) is 60.4 Å². The number of carbonyl (C=O) groups is 1. The fraction of sp³-hybridized carbons (Fsp3) is 0.147. The van der Waals surface area contributed by atoms with Crippen LogP contribution in [0.2, 0.25) is 0 Å². The monoisotopic (exact) mass is 622 g/mol. The zero-order valence-corrected chi connectivity index (χ0v) is 25.3. The lowest BCUT2D eigenvalue weighted by molar-refractivity contribution is -0.387. The van der Waals surface area contributed by atoms with Crippen molar-refractivity contribution in [1.29, 1.82) is 0 Å². The van der Waals surface area contributed by atoms with Crippen molar-refractivity contribution in [2.24, 2.45) is 4.99 Å². The van der Waals surface area contributed by atoms with Crippen LogP contribution in [0.5, 0.6) is 0 Å². The van der Waals surface area contributed by atoms with E-state index in [-0.39, 0.29) is 17.2 Å². The summed E-state index contributed by atoms with van der Waals surface area (Å²) >= 11 is 1.16. The fourth-order valence-electron chi connectivity index (χ4n) is 5.23. The highest BCUT2D eigenvalue weighted by atomic mass is 32.1. The van der Waals surface area contributed by atoms with Crippen molar-refractivity contribution < 1.29 is 18.5 Å². The molecule has 1 amide bonds. The number of thiazole rings is 1. The third kappa shape index (κ3) is 5.77. The van der Waals surface area contributed by atoms with E-state index in [1.807, 2.05) is 42.5 Å². The summed E-state index contributed by atoms with van der Waals surface area (Å²) in [6.07, 6.45) is 1.56. The number of amides is 1. The molecule has 0 unspecified atom stereocenters. The molecule has 1 atom stereocenters. The van der Waals surface area contributed by atoms with Crippen molar-refractivity contribution in [1.82, 2.24) is 4.57 Å². The van der Waals surface area contributed by atoms with E-state index in [2.05, 4.69) is 24.2 Å². The summed E-state index contributed by atoms with van der Waals surface area (Å²) in [6, 6.07) is 22.9. The van der Waals surface area contributed by atoms with Gasteiger partial charge in [0.1, 0.15) is 11.5 Å². The number of para-hydroxylation sites is 1. The summed E-state index contributed by atoms with van der Waals surface area (Å²) in [6.45, 7) is 5.95. The highest BCUT2D eigenvalue weighted by Gasteiger charge is 2.32. The SMILES string of the molecule is CC1=C(C(=O)Nc2ccccc2)[C@@H](c2ccc(C(C)C)cc2)n2c(s/c(=C\c3ccc(-c4ccc(F)c([N+](=O)[O-])c4)o3)c2=O)=N1. The van der Waals surface area contributed by atoms with Gasteiger partial charge >= 0.3 is 5.69 Å². The zero-order chi connectivity index (χ0) is 31.8. The van der Waals surface area contributed by atoms with Gasteiger partial charge in [-0.3, -0.25) is 24.3 Å². The Bertz CT molecular complexity index is 2160. The summed E-state index contributed by atoms with van der Waals surface area (Å²) in [7, 11) is 0. The first kappa shape index (κ1) is 29.6. The highest BCUT2D eigenvalue weighted by molar-refractivity contribution is 7.07. The predicted molar refractivity (Wildman–Crippen MR) is 170 cm³/mol. The average Bonchev–Trinajstić information content (AvgIpc) is 3.61. The molecule has 5 aromatic rings. The number of benzene rings is 3. The molecule has 2 aromatic heterocycles. The van der Waals surface area contributed by atoms with Crippen LogP contribution in [0, 0.1) is 15.9 Å². The molecule has 226 valence electrons. The number of fused-ring (bicyclic) bond motifs is 1. The number of hydrogen-bond donors (Lipinski definition) is 1. The molecule has 6 rings (SSSR count). The Morgan fingerprint density at radius 3 is 2.51 bits per heavy atom. The van der Waals surface area contributed by atoms with Gasteiger partial charge in [-0.1, -0.05) is 67.6 Å². The quantitative estimate of drug-likeness (QED) is 0.169. The lowest BCUT2D eigenvalue weighted by Crippen LogP contribution is -2.40. The average molecular weight is 623 g/mol. The van der Waals surface area contributed by atoms with Crippen molar-refractivity contribution in [2.45, 2.75) is 32.7 Å². The third-order valence-electron chi connectivity index (χ3n) is 7.54. The van der Waals surface area contributed by atoms with Crippen LogP contribution in [-0.4, -0.2) is 15.4 Å². The van der Waals surface area contributed by atoms with E-state index >= 15 is 0 Å². The van der Waals surface area contributed by atoms with Crippen LogP contribution in [0.1, 0.15) is 49.6 Å². The number of anilines is 1. The molecule has 11 heteroatoms. The standard InChI is InChI=1S/C34H27FN4O5S/c1-19(2)21-9-11-22(12-10-21)31-30(32(40)37-24-7-5-4-6-8-24)20(3)36-34-38(31)33(41)29(45-34)18-25-14-16-28(44-25)23-13-15-26(35)27(17-23)39(42)43/h4-19,31H,1-3H3,(H,37,40)/b29-18-/t31-/m1/s1. The van der Waals surface area contributed by atoms with Crippen LogP contribution in [0.25, 0.3) is 17.4 Å². The molecule has 0 bridgehead atoms. The first-order valence-electron chi connectivity index (χ1n) is 14.1. The van der Waals surface area contributed by atoms with E-state index < -0.39 is 22.5 Å². The van der Waals surface area contributed by atoms with Gasteiger partial charge < -0.3 is 9.73 Å². The smallest absolute Gasteiger partial charge is 0.305 e. The highest BCUT2D eigenvalue weighted by Crippen LogP contribution is 2.32. The number of furan rings is 1. The van der Waals surface area contributed by atoms with Crippen LogP contribution in [0.4, 0.5) is 15.8 Å². The minimum absolute atomic E-state index is 0.274. The number of nitro groups is 1. The molecule has 3 heterocycles. The Labute approximate surface area is 260 Å². The topological polar surface area (TPSA) is 120 Å². The van der Waals surface area contributed by atoms with Crippen molar-refractivity contribution in [3.05, 3.63) is 149 Å². The summed E-state index contributed by atoms with van der Waals surface area (Å²) in [5.41, 5.74) is 2.65. The molecular formula is C34H27FN4O5S. The molecule has 0 radical (unpaired) electrons. The molecular weight excluding hydrogens is 595 g/mol. The number of nitrogens with zero attached hydrogens (tertiary/aromatic N) is 3. The van der Waals surface area contributed by atoms with Crippen LogP contribution in [0.15, 0.2) is 110 Å². The molecule has 1 aliphatic rings. The number of allylic oxidation sites excluding steroid dienone is 1. The van der Waals surface area contributed by atoms with Gasteiger partial charge in [-0.15, -0.1) is 0 Å². The van der Waals surface area contributed by atoms with Crippen LogP contribution in [0.3, 0.4) is 0 Å². The van der Waals surface area contributed by atoms with Gasteiger partial charge in [0.2, 0.25) is 5.82 Å². The lowest BCUT2D eigenvalue weighted by Gasteiger charge is -2.25. The number of hydrogen-bond acceptors (Lipinski definition) is 7. The lowest BCUT2D eigenvalue weighted by atomic mass is 9.93. The minimum Gasteiger partial charge on any atom is -0.457 e. The van der Waals surface area contributed by atoms with Crippen molar-refractivity contribution in [3.63, 3.8) is 0 Å². The normalized spacial score (nSPS) is 14.8.